The maximum atomic E-state index is 12.2. The second-order valence-corrected chi connectivity index (χ2v) is 5.92. The highest BCUT2D eigenvalue weighted by Gasteiger charge is 2.30. The van der Waals surface area contributed by atoms with Crippen molar-refractivity contribution in [1.29, 1.82) is 0 Å². The lowest BCUT2D eigenvalue weighted by Crippen LogP contribution is -2.45. The zero-order valence-corrected chi connectivity index (χ0v) is 12.0. The van der Waals surface area contributed by atoms with Crippen molar-refractivity contribution >= 4 is 23.2 Å². The lowest BCUT2D eigenvalue weighted by Gasteiger charge is -2.35. The molecule has 1 heterocycles. The van der Waals surface area contributed by atoms with Gasteiger partial charge in [-0.2, -0.15) is 0 Å². The number of carbonyl (C=O) groups is 1. The van der Waals surface area contributed by atoms with Crippen LogP contribution >= 0.6 is 11.6 Å². The summed E-state index contributed by atoms with van der Waals surface area (Å²) in [5.74, 6) is -0.181. The second kappa shape index (κ2) is 5.39. The molecule has 1 atom stereocenters. The van der Waals surface area contributed by atoms with Crippen LogP contribution < -0.4 is 11.1 Å². The molecule has 1 saturated heterocycles. The molecule has 2 rings (SSSR count). The molecule has 0 aliphatic carbocycles. The smallest absolute Gasteiger partial charge is 0.253 e. The molecule has 1 aromatic carbocycles. The number of anilines is 1. The molecule has 0 aromatic heterocycles. The van der Waals surface area contributed by atoms with E-state index in [1.54, 1.807) is 18.2 Å². The SMILES string of the molecule is CC1(C)CC(NC(=O)c2cc(N)ccc2Cl)CCO1. The maximum absolute atomic E-state index is 12.2. The van der Waals surface area contributed by atoms with Gasteiger partial charge >= 0.3 is 0 Å². The largest absolute Gasteiger partial charge is 0.399 e. The molecule has 1 aliphatic heterocycles. The summed E-state index contributed by atoms with van der Waals surface area (Å²) in [7, 11) is 0. The minimum Gasteiger partial charge on any atom is -0.399 e. The molecular formula is C14H19ClN2O2. The summed E-state index contributed by atoms with van der Waals surface area (Å²) < 4.78 is 5.63. The molecule has 1 fully saturated rings. The Morgan fingerprint density at radius 1 is 1.53 bits per heavy atom. The van der Waals surface area contributed by atoms with Crippen LogP contribution in [0, 0.1) is 0 Å². The quantitative estimate of drug-likeness (QED) is 0.820. The van der Waals surface area contributed by atoms with Crippen LogP contribution in [0.15, 0.2) is 18.2 Å². The minimum atomic E-state index is -0.199. The first-order chi connectivity index (χ1) is 8.87. The third kappa shape index (κ3) is 3.61. The number of hydrogen-bond donors (Lipinski definition) is 2. The van der Waals surface area contributed by atoms with Gasteiger partial charge < -0.3 is 15.8 Å². The van der Waals surface area contributed by atoms with E-state index in [1.165, 1.54) is 0 Å². The standard InChI is InChI=1S/C14H19ClN2O2/c1-14(2)8-10(5-6-19-14)17-13(18)11-7-9(16)3-4-12(11)15/h3-4,7,10H,5-6,8,16H2,1-2H3,(H,17,18). The van der Waals surface area contributed by atoms with Crippen molar-refractivity contribution in [3.05, 3.63) is 28.8 Å². The van der Waals surface area contributed by atoms with E-state index in [0.29, 0.717) is 22.9 Å². The summed E-state index contributed by atoms with van der Waals surface area (Å²) in [4.78, 5) is 12.2. The van der Waals surface area contributed by atoms with Crippen molar-refractivity contribution in [1.82, 2.24) is 5.32 Å². The fourth-order valence-corrected chi connectivity index (χ4v) is 2.54. The fourth-order valence-electron chi connectivity index (χ4n) is 2.34. The lowest BCUT2D eigenvalue weighted by atomic mass is 9.94. The Morgan fingerprint density at radius 2 is 2.26 bits per heavy atom. The van der Waals surface area contributed by atoms with Gasteiger partial charge in [-0.05, 0) is 44.9 Å². The van der Waals surface area contributed by atoms with Gasteiger partial charge in [-0.25, -0.2) is 0 Å². The van der Waals surface area contributed by atoms with Crippen LogP contribution in [0.5, 0.6) is 0 Å². The van der Waals surface area contributed by atoms with Crippen LogP contribution in [0.1, 0.15) is 37.0 Å². The summed E-state index contributed by atoms with van der Waals surface area (Å²) in [5.41, 5.74) is 6.44. The van der Waals surface area contributed by atoms with E-state index >= 15 is 0 Å². The molecule has 0 saturated carbocycles. The van der Waals surface area contributed by atoms with Gasteiger partial charge in [0.25, 0.3) is 5.91 Å². The molecule has 0 spiro atoms. The number of rotatable bonds is 2. The summed E-state index contributed by atoms with van der Waals surface area (Å²) in [6, 6.07) is 5.02. The normalized spacial score (nSPS) is 21.9. The van der Waals surface area contributed by atoms with Crippen molar-refractivity contribution in [2.24, 2.45) is 0 Å². The Labute approximate surface area is 118 Å². The van der Waals surface area contributed by atoms with E-state index in [4.69, 9.17) is 22.1 Å². The maximum Gasteiger partial charge on any atom is 0.253 e. The number of ether oxygens (including phenoxy) is 1. The predicted molar refractivity (Wildman–Crippen MR) is 76.4 cm³/mol. The van der Waals surface area contributed by atoms with E-state index in [2.05, 4.69) is 5.32 Å². The topological polar surface area (TPSA) is 64.4 Å². The molecule has 1 aromatic rings. The Hall–Kier alpha value is -1.26. The third-order valence-corrected chi connectivity index (χ3v) is 3.60. The van der Waals surface area contributed by atoms with E-state index in [9.17, 15) is 4.79 Å². The van der Waals surface area contributed by atoms with Crippen molar-refractivity contribution < 1.29 is 9.53 Å². The van der Waals surface area contributed by atoms with Crippen LogP contribution in [0.25, 0.3) is 0 Å². The third-order valence-electron chi connectivity index (χ3n) is 3.27. The van der Waals surface area contributed by atoms with Gasteiger partial charge in [0.1, 0.15) is 0 Å². The monoisotopic (exact) mass is 282 g/mol. The molecule has 3 N–H and O–H groups in total. The molecule has 1 aliphatic rings. The molecule has 4 nitrogen and oxygen atoms in total. The molecule has 1 amide bonds. The number of nitrogens with one attached hydrogen (secondary N) is 1. The highest BCUT2D eigenvalue weighted by atomic mass is 35.5. The van der Waals surface area contributed by atoms with Gasteiger partial charge in [-0.3, -0.25) is 4.79 Å². The summed E-state index contributed by atoms with van der Waals surface area (Å²) in [6.07, 6.45) is 1.60. The van der Waals surface area contributed by atoms with Crippen LogP contribution in [0.3, 0.4) is 0 Å². The Bertz CT molecular complexity index is 488. The van der Waals surface area contributed by atoms with Gasteiger partial charge in [0.2, 0.25) is 0 Å². The number of amides is 1. The number of benzene rings is 1. The van der Waals surface area contributed by atoms with Gasteiger partial charge in [0.15, 0.2) is 0 Å². The van der Waals surface area contributed by atoms with Crippen LogP contribution in [-0.4, -0.2) is 24.2 Å². The number of halogens is 1. The Kier molecular flexibility index (Phi) is 4.02. The predicted octanol–water partition coefficient (Wildman–Crippen LogP) is 2.61. The highest BCUT2D eigenvalue weighted by molar-refractivity contribution is 6.34. The zero-order chi connectivity index (χ0) is 14.0. The summed E-state index contributed by atoms with van der Waals surface area (Å²) in [5, 5.41) is 3.41. The molecule has 0 bridgehead atoms. The van der Waals surface area contributed by atoms with Crippen LogP contribution in [-0.2, 0) is 4.74 Å². The van der Waals surface area contributed by atoms with Gasteiger partial charge in [-0.1, -0.05) is 11.6 Å². The molecule has 104 valence electrons. The molecule has 19 heavy (non-hydrogen) atoms. The van der Waals surface area contributed by atoms with Crippen molar-refractivity contribution in [3.8, 4) is 0 Å². The Morgan fingerprint density at radius 3 is 2.95 bits per heavy atom. The van der Waals surface area contributed by atoms with Gasteiger partial charge in [0, 0.05) is 18.3 Å². The molecule has 5 heteroatoms. The Balaban J connectivity index is 2.06. The second-order valence-electron chi connectivity index (χ2n) is 5.51. The first kappa shape index (κ1) is 14.2. The van der Waals surface area contributed by atoms with Gasteiger partial charge in [-0.15, -0.1) is 0 Å². The fraction of sp³-hybridized carbons (Fsp3) is 0.500. The average Bonchev–Trinajstić information content (AvgIpc) is 2.31. The number of hydrogen-bond acceptors (Lipinski definition) is 3. The van der Waals surface area contributed by atoms with Crippen LogP contribution in [0.2, 0.25) is 5.02 Å². The van der Waals surface area contributed by atoms with E-state index in [1.807, 2.05) is 13.8 Å². The summed E-state index contributed by atoms with van der Waals surface area (Å²) in [6.45, 7) is 4.71. The van der Waals surface area contributed by atoms with E-state index in [-0.39, 0.29) is 17.6 Å². The first-order valence-electron chi connectivity index (χ1n) is 6.37. The lowest BCUT2D eigenvalue weighted by molar-refractivity contribution is -0.0615. The minimum absolute atomic E-state index is 0.105. The average molecular weight is 283 g/mol. The van der Waals surface area contributed by atoms with Gasteiger partial charge in [0.05, 0.1) is 16.2 Å². The number of nitrogens with two attached hydrogens (primary N) is 1. The van der Waals surface area contributed by atoms with E-state index < -0.39 is 0 Å². The van der Waals surface area contributed by atoms with Crippen molar-refractivity contribution in [2.45, 2.75) is 38.3 Å². The van der Waals surface area contributed by atoms with Crippen molar-refractivity contribution in [2.75, 3.05) is 12.3 Å². The number of carbonyl (C=O) groups excluding carboxylic acids is 1. The zero-order valence-electron chi connectivity index (χ0n) is 11.2. The van der Waals surface area contributed by atoms with Crippen molar-refractivity contribution in [3.63, 3.8) is 0 Å². The van der Waals surface area contributed by atoms with E-state index in [0.717, 1.165) is 12.8 Å². The summed E-state index contributed by atoms with van der Waals surface area (Å²) >= 11 is 6.02. The molecule has 1 unspecified atom stereocenters. The highest BCUT2D eigenvalue weighted by Crippen LogP contribution is 2.25. The first-order valence-corrected chi connectivity index (χ1v) is 6.75. The molecular weight excluding hydrogens is 264 g/mol. The number of nitrogen functional groups attached to an aromatic ring is 1. The molecule has 0 radical (unpaired) electrons. The van der Waals surface area contributed by atoms with Crippen LogP contribution in [0.4, 0.5) is 5.69 Å².